The SMILES string of the molecule is O=C(CSc1nn2cnnc2o1)c1ccc(Cl)cc1. The molecule has 0 bridgehead atoms. The van der Waals surface area contributed by atoms with Crippen molar-refractivity contribution in [3.63, 3.8) is 0 Å². The van der Waals surface area contributed by atoms with Gasteiger partial charge in [-0.2, -0.15) is 4.52 Å². The fraction of sp³-hybridized carbons (Fsp3) is 0.0909. The minimum Gasteiger partial charge on any atom is -0.396 e. The van der Waals surface area contributed by atoms with Crippen LogP contribution in [-0.4, -0.2) is 31.3 Å². The predicted molar refractivity (Wildman–Crippen MR) is 69.6 cm³/mol. The van der Waals surface area contributed by atoms with Crippen molar-refractivity contribution in [1.29, 1.82) is 0 Å². The van der Waals surface area contributed by atoms with Crippen LogP contribution in [0.2, 0.25) is 5.02 Å². The molecular formula is C11H7ClN4O2S. The van der Waals surface area contributed by atoms with E-state index in [1.807, 2.05) is 0 Å². The molecule has 19 heavy (non-hydrogen) atoms. The minimum atomic E-state index is -0.0179. The lowest BCUT2D eigenvalue weighted by molar-refractivity contribution is 0.102. The van der Waals surface area contributed by atoms with Crippen LogP contribution in [0.4, 0.5) is 0 Å². The van der Waals surface area contributed by atoms with Crippen LogP contribution in [-0.2, 0) is 0 Å². The number of thioether (sulfide) groups is 1. The Kier molecular flexibility index (Phi) is 3.22. The van der Waals surface area contributed by atoms with E-state index in [0.717, 1.165) is 0 Å². The lowest BCUT2D eigenvalue weighted by Crippen LogP contribution is -2.01. The Balaban J connectivity index is 1.67. The number of benzene rings is 1. The van der Waals surface area contributed by atoms with Gasteiger partial charge in [0.05, 0.1) is 5.75 Å². The summed E-state index contributed by atoms with van der Waals surface area (Å²) in [5.41, 5.74) is 0.606. The van der Waals surface area contributed by atoms with Crippen LogP contribution in [0.3, 0.4) is 0 Å². The lowest BCUT2D eigenvalue weighted by Gasteiger charge is -1.98. The molecule has 2 heterocycles. The van der Waals surface area contributed by atoms with E-state index in [1.54, 1.807) is 24.3 Å². The summed E-state index contributed by atoms with van der Waals surface area (Å²) in [6.07, 6.45) is 1.43. The number of nitrogens with zero attached hydrogens (tertiary/aromatic N) is 4. The van der Waals surface area contributed by atoms with Crippen molar-refractivity contribution in [3.8, 4) is 0 Å². The van der Waals surface area contributed by atoms with Gasteiger partial charge in [-0.15, -0.1) is 10.2 Å². The number of rotatable bonds is 4. The first kappa shape index (κ1) is 12.2. The first-order valence-corrected chi connectivity index (χ1v) is 6.67. The summed E-state index contributed by atoms with van der Waals surface area (Å²) >= 11 is 6.97. The third-order valence-corrected chi connectivity index (χ3v) is 3.43. The van der Waals surface area contributed by atoms with E-state index in [-0.39, 0.29) is 11.5 Å². The van der Waals surface area contributed by atoms with Gasteiger partial charge in [-0.05, 0) is 24.3 Å². The fourth-order valence-electron chi connectivity index (χ4n) is 1.45. The van der Waals surface area contributed by atoms with Gasteiger partial charge in [0.15, 0.2) is 5.78 Å². The summed E-state index contributed by atoms with van der Waals surface area (Å²) in [5, 5.41) is 12.4. The molecule has 1 aromatic carbocycles. The van der Waals surface area contributed by atoms with Crippen molar-refractivity contribution in [3.05, 3.63) is 41.2 Å². The fourth-order valence-corrected chi connectivity index (χ4v) is 2.27. The van der Waals surface area contributed by atoms with Crippen molar-refractivity contribution in [1.82, 2.24) is 19.8 Å². The zero-order valence-corrected chi connectivity index (χ0v) is 11.1. The van der Waals surface area contributed by atoms with Crippen LogP contribution in [0.1, 0.15) is 10.4 Å². The maximum Gasteiger partial charge on any atom is 0.345 e. The van der Waals surface area contributed by atoms with Crippen LogP contribution in [0.15, 0.2) is 40.2 Å². The Morgan fingerprint density at radius 2 is 2.16 bits per heavy atom. The third-order valence-electron chi connectivity index (χ3n) is 2.36. The summed E-state index contributed by atoms with van der Waals surface area (Å²) < 4.78 is 6.69. The van der Waals surface area contributed by atoms with E-state index in [4.69, 9.17) is 16.0 Å². The number of Topliss-reactive ketones (excluding diaryl/α,β-unsaturated/α-hetero) is 1. The summed E-state index contributed by atoms with van der Waals surface area (Å²) in [6.45, 7) is 0. The monoisotopic (exact) mass is 294 g/mol. The molecule has 96 valence electrons. The van der Waals surface area contributed by atoms with Gasteiger partial charge in [-0.1, -0.05) is 28.5 Å². The molecule has 0 aliphatic heterocycles. The van der Waals surface area contributed by atoms with Gasteiger partial charge < -0.3 is 4.42 Å². The molecule has 0 radical (unpaired) electrons. The number of hydrogen-bond acceptors (Lipinski definition) is 6. The second-order valence-corrected chi connectivity index (χ2v) is 5.01. The second-order valence-electron chi connectivity index (χ2n) is 3.64. The third kappa shape index (κ3) is 2.61. The van der Waals surface area contributed by atoms with Gasteiger partial charge in [0.1, 0.15) is 6.33 Å². The molecule has 3 aromatic rings. The molecule has 0 unspecified atom stereocenters. The minimum absolute atomic E-state index is 0.0179. The molecule has 0 saturated carbocycles. The van der Waals surface area contributed by atoms with E-state index in [2.05, 4.69) is 15.3 Å². The van der Waals surface area contributed by atoms with Gasteiger partial charge in [-0.3, -0.25) is 4.79 Å². The van der Waals surface area contributed by atoms with Crippen LogP contribution in [0.25, 0.3) is 5.84 Å². The quantitative estimate of drug-likeness (QED) is 0.543. The van der Waals surface area contributed by atoms with E-state index in [0.29, 0.717) is 21.7 Å². The molecule has 0 N–H and O–H groups in total. The lowest BCUT2D eigenvalue weighted by atomic mass is 10.1. The van der Waals surface area contributed by atoms with Crippen LogP contribution in [0.5, 0.6) is 0 Å². The Morgan fingerprint density at radius 1 is 1.37 bits per heavy atom. The summed E-state index contributed by atoms with van der Waals surface area (Å²) in [6, 6.07) is 6.75. The predicted octanol–water partition coefficient (Wildman–Crippen LogP) is 2.35. The first-order chi connectivity index (χ1) is 9.22. The smallest absolute Gasteiger partial charge is 0.345 e. The molecule has 6 nitrogen and oxygen atoms in total. The highest BCUT2D eigenvalue weighted by Crippen LogP contribution is 2.19. The average Bonchev–Trinajstić information content (AvgIpc) is 2.97. The molecular weight excluding hydrogens is 288 g/mol. The molecule has 2 aromatic heterocycles. The number of ketones is 1. The van der Waals surface area contributed by atoms with Gasteiger partial charge >= 0.3 is 5.84 Å². The molecule has 0 saturated heterocycles. The van der Waals surface area contributed by atoms with E-state index >= 15 is 0 Å². The number of aromatic nitrogens is 4. The molecule has 0 atom stereocenters. The van der Waals surface area contributed by atoms with Gasteiger partial charge in [0.2, 0.25) is 0 Å². The maximum atomic E-state index is 11.9. The van der Waals surface area contributed by atoms with E-state index in [1.165, 1.54) is 22.6 Å². The number of hydrogen-bond donors (Lipinski definition) is 0. The number of halogens is 1. The summed E-state index contributed by atoms with van der Waals surface area (Å²) in [4.78, 5) is 11.9. The van der Waals surface area contributed by atoms with Crippen molar-refractivity contribution in [2.24, 2.45) is 0 Å². The normalized spacial score (nSPS) is 11.0. The second kappa shape index (κ2) is 5.02. The molecule has 0 amide bonds. The zero-order valence-electron chi connectivity index (χ0n) is 9.49. The van der Waals surface area contributed by atoms with Gasteiger partial charge in [0.25, 0.3) is 5.22 Å². The number of fused-ring (bicyclic) bond motifs is 1. The highest BCUT2D eigenvalue weighted by Gasteiger charge is 2.11. The molecule has 0 spiro atoms. The number of carbonyl (C=O) groups excluding carboxylic acids is 1. The number of carbonyl (C=O) groups is 1. The highest BCUT2D eigenvalue weighted by molar-refractivity contribution is 7.99. The maximum absolute atomic E-state index is 11.9. The Morgan fingerprint density at radius 3 is 2.89 bits per heavy atom. The van der Waals surface area contributed by atoms with Crippen molar-refractivity contribution in [2.45, 2.75) is 5.22 Å². The van der Waals surface area contributed by atoms with Gasteiger partial charge in [0, 0.05) is 10.6 Å². The Hall–Kier alpha value is -1.86. The van der Waals surface area contributed by atoms with Crippen LogP contribution >= 0.6 is 23.4 Å². The van der Waals surface area contributed by atoms with Crippen molar-refractivity contribution < 1.29 is 9.21 Å². The first-order valence-electron chi connectivity index (χ1n) is 5.31. The van der Waals surface area contributed by atoms with Crippen LogP contribution < -0.4 is 0 Å². The summed E-state index contributed by atoms with van der Waals surface area (Å²) in [7, 11) is 0. The Bertz CT molecular complexity index is 693. The summed E-state index contributed by atoms with van der Waals surface area (Å²) in [5.74, 6) is 0.524. The average molecular weight is 295 g/mol. The Labute approximate surface area is 116 Å². The highest BCUT2D eigenvalue weighted by atomic mass is 35.5. The van der Waals surface area contributed by atoms with Crippen molar-refractivity contribution in [2.75, 3.05) is 5.75 Å². The molecule has 3 rings (SSSR count). The van der Waals surface area contributed by atoms with E-state index in [9.17, 15) is 4.79 Å². The molecule has 8 heteroatoms. The van der Waals surface area contributed by atoms with Crippen LogP contribution in [0, 0.1) is 0 Å². The molecule has 0 aliphatic rings. The zero-order chi connectivity index (χ0) is 13.2. The largest absolute Gasteiger partial charge is 0.396 e. The van der Waals surface area contributed by atoms with Gasteiger partial charge in [-0.25, -0.2) is 0 Å². The molecule has 0 aliphatic carbocycles. The van der Waals surface area contributed by atoms with E-state index < -0.39 is 0 Å². The van der Waals surface area contributed by atoms with Crippen molar-refractivity contribution >= 4 is 35.0 Å². The topological polar surface area (TPSA) is 73.3 Å². The molecule has 0 fully saturated rings. The standard InChI is InChI=1S/C11H7ClN4O2S/c12-8-3-1-7(2-4-8)9(17)5-19-11-15-16-6-13-14-10(16)18-11/h1-4,6H,5H2.